The number of hydrogen-bond donors (Lipinski definition) is 0. The van der Waals surface area contributed by atoms with Crippen molar-refractivity contribution in [3.05, 3.63) is 29.3 Å². The summed E-state index contributed by atoms with van der Waals surface area (Å²) in [6, 6.07) is 0. The van der Waals surface area contributed by atoms with Gasteiger partial charge in [-0.2, -0.15) is 4.79 Å². The summed E-state index contributed by atoms with van der Waals surface area (Å²) in [5.74, 6) is 0. The Bertz CT molecular complexity index is 293. The van der Waals surface area contributed by atoms with Crippen molar-refractivity contribution in [2.75, 3.05) is 0 Å². The number of hydrogen-bond acceptors (Lipinski definition) is 0. The van der Waals surface area contributed by atoms with E-state index in [0.717, 1.165) is 12.1 Å². The summed E-state index contributed by atoms with van der Waals surface area (Å²) in [5.41, 5.74) is 10.2. The minimum absolute atomic E-state index is 0.723. The van der Waals surface area contributed by atoms with Gasteiger partial charge in [-0.05, 0) is 6.92 Å². The van der Waals surface area contributed by atoms with Gasteiger partial charge in [0.15, 0.2) is 0 Å². The zero-order chi connectivity index (χ0) is 11.2. The van der Waals surface area contributed by atoms with Crippen LogP contribution in [0.1, 0.15) is 13.3 Å². The van der Waals surface area contributed by atoms with Crippen molar-refractivity contribution in [1.29, 1.82) is 0 Å². The normalized spacial score (nSPS) is 15.2. The van der Waals surface area contributed by atoms with Gasteiger partial charge in [-0.15, -0.1) is 0 Å². The Morgan fingerprint density at radius 2 is 1.79 bits per heavy atom. The van der Waals surface area contributed by atoms with Crippen LogP contribution in [0.2, 0.25) is 0 Å². The van der Waals surface area contributed by atoms with Gasteiger partial charge in [-0.3, -0.25) is 0 Å². The molecule has 14 heavy (non-hydrogen) atoms. The lowest BCUT2D eigenvalue weighted by Gasteiger charge is -1.94. The minimum atomic E-state index is -6.00. The number of halogens is 4. The Labute approximate surface area is 78.6 Å². The highest BCUT2D eigenvalue weighted by Gasteiger charge is 2.20. The summed E-state index contributed by atoms with van der Waals surface area (Å²) in [7, 11) is -6.00. The van der Waals surface area contributed by atoms with Crippen LogP contribution in [0, 0.1) is 0 Å². The third kappa shape index (κ3) is 8.74. The Morgan fingerprint density at radius 3 is 2.07 bits per heavy atom. The Morgan fingerprint density at radius 1 is 1.29 bits per heavy atom. The van der Waals surface area contributed by atoms with Crippen LogP contribution in [0.25, 0.3) is 5.53 Å². The highest BCUT2D eigenvalue weighted by molar-refractivity contribution is 6.50. The molecule has 78 valence electrons. The molecule has 1 aliphatic carbocycles. The molecule has 0 unspecified atom stereocenters. The standard InChI is InChI=1S/C7H8N2.BF4/c1-6-2-4-7(9-8)5-3-6;2-1(3,4)5/h2-4H,5H2,1H3;/q;-1. The molecule has 0 radical (unpaired) electrons. The first-order chi connectivity index (χ1) is 6.33. The lowest BCUT2D eigenvalue weighted by atomic mass is 10.1. The molecular weight excluding hydrogens is 199 g/mol. The van der Waals surface area contributed by atoms with E-state index in [4.69, 9.17) is 5.53 Å². The molecular formula is C7H8BF4N2-. The first-order valence-corrected chi connectivity index (χ1v) is 3.76. The summed E-state index contributed by atoms with van der Waals surface area (Å²) < 4.78 is 39.0. The van der Waals surface area contributed by atoms with Gasteiger partial charge in [0.2, 0.25) is 0 Å². The molecule has 0 amide bonds. The van der Waals surface area contributed by atoms with Gasteiger partial charge in [0.25, 0.3) is 5.71 Å². The molecule has 0 saturated heterocycles. The van der Waals surface area contributed by atoms with Crippen molar-refractivity contribution in [2.45, 2.75) is 13.3 Å². The second-order valence-electron chi connectivity index (χ2n) is 2.57. The van der Waals surface area contributed by atoms with E-state index in [1.54, 1.807) is 0 Å². The van der Waals surface area contributed by atoms with Crippen LogP contribution in [-0.4, -0.2) is 17.8 Å². The predicted octanol–water partition coefficient (Wildman–Crippen LogP) is 2.86. The van der Waals surface area contributed by atoms with Crippen LogP contribution in [0.5, 0.6) is 0 Å². The number of allylic oxidation sites excluding steroid dienone is 4. The van der Waals surface area contributed by atoms with Crippen molar-refractivity contribution in [1.82, 2.24) is 0 Å². The maximum atomic E-state index is 9.75. The Kier molecular flexibility index (Phi) is 4.87. The van der Waals surface area contributed by atoms with Crippen molar-refractivity contribution in [2.24, 2.45) is 0 Å². The van der Waals surface area contributed by atoms with E-state index in [0.29, 0.717) is 0 Å². The van der Waals surface area contributed by atoms with Gasteiger partial charge in [0.05, 0.1) is 6.42 Å². The van der Waals surface area contributed by atoms with Crippen molar-refractivity contribution in [3.63, 3.8) is 0 Å². The Hall–Kier alpha value is -1.36. The van der Waals surface area contributed by atoms with E-state index in [2.05, 4.69) is 4.79 Å². The molecule has 0 aromatic carbocycles. The van der Waals surface area contributed by atoms with Crippen LogP contribution in [0.15, 0.2) is 23.8 Å². The number of nitrogens with zero attached hydrogens (tertiary/aromatic N) is 2. The largest absolute Gasteiger partial charge is 0.673 e. The summed E-state index contributed by atoms with van der Waals surface area (Å²) in [6.07, 6.45) is 6.52. The van der Waals surface area contributed by atoms with Gasteiger partial charge in [0, 0.05) is 6.08 Å². The Balaban J connectivity index is 0.000000292. The molecule has 0 atom stereocenters. The molecule has 0 aromatic rings. The molecule has 1 rings (SSSR count). The zero-order valence-corrected chi connectivity index (χ0v) is 7.42. The maximum Gasteiger partial charge on any atom is 0.673 e. The molecule has 1 aliphatic rings. The van der Waals surface area contributed by atoms with E-state index in [-0.39, 0.29) is 0 Å². The molecule has 2 nitrogen and oxygen atoms in total. The van der Waals surface area contributed by atoms with Gasteiger partial charge < -0.3 is 22.8 Å². The molecule has 7 heteroatoms. The summed E-state index contributed by atoms with van der Waals surface area (Å²) in [4.78, 5) is 3.07. The van der Waals surface area contributed by atoms with Gasteiger partial charge in [-0.1, -0.05) is 17.7 Å². The summed E-state index contributed by atoms with van der Waals surface area (Å²) in [6.45, 7) is 2.02. The van der Waals surface area contributed by atoms with Gasteiger partial charge in [-0.25, -0.2) is 0 Å². The molecule has 0 aliphatic heterocycles. The second-order valence-corrected chi connectivity index (χ2v) is 2.57. The van der Waals surface area contributed by atoms with Gasteiger partial charge >= 0.3 is 7.25 Å². The zero-order valence-electron chi connectivity index (χ0n) is 7.42. The highest BCUT2D eigenvalue weighted by Crippen LogP contribution is 2.06. The number of rotatable bonds is 0. The quantitative estimate of drug-likeness (QED) is 0.253. The van der Waals surface area contributed by atoms with E-state index < -0.39 is 7.25 Å². The summed E-state index contributed by atoms with van der Waals surface area (Å²) in [5, 5.41) is 0. The minimum Gasteiger partial charge on any atom is -0.418 e. The molecule has 0 bridgehead atoms. The smallest absolute Gasteiger partial charge is 0.418 e. The fraction of sp³-hybridized carbons (Fsp3) is 0.286. The molecule has 0 fully saturated rings. The van der Waals surface area contributed by atoms with E-state index >= 15 is 0 Å². The lowest BCUT2D eigenvalue weighted by molar-refractivity contribution is -0.00540. The fourth-order valence-electron chi connectivity index (χ4n) is 0.703. The average molecular weight is 207 g/mol. The fourth-order valence-corrected chi connectivity index (χ4v) is 0.703. The molecule has 0 aromatic heterocycles. The van der Waals surface area contributed by atoms with Crippen molar-refractivity contribution >= 4 is 13.0 Å². The van der Waals surface area contributed by atoms with Crippen molar-refractivity contribution in [3.8, 4) is 0 Å². The van der Waals surface area contributed by atoms with Crippen LogP contribution in [0.3, 0.4) is 0 Å². The average Bonchev–Trinajstić information content (AvgIpc) is 2.03. The first kappa shape index (κ1) is 12.6. The third-order valence-electron chi connectivity index (χ3n) is 1.30. The maximum absolute atomic E-state index is 9.75. The van der Waals surface area contributed by atoms with Crippen LogP contribution >= 0.6 is 0 Å². The van der Waals surface area contributed by atoms with Crippen LogP contribution < -0.4 is 0 Å². The SMILES string of the molecule is CC1=CCC(=[N+]=[N-])C=C1.F[B-](F)(F)F. The highest BCUT2D eigenvalue weighted by atomic mass is 19.5. The summed E-state index contributed by atoms with van der Waals surface area (Å²) >= 11 is 0. The van der Waals surface area contributed by atoms with Crippen LogP contribution in [-0.2, 0) is 0 Å². The van der Waals surface area contributed by atoms with Crippen molar-refractivity contribution < 1.29 is 22.1 Å². The molecule has 0 N–H and O–H groups in total. The lowest BCUT2D eigenvalue weighted by Crippen LogP contribution is -2.02. The molecule has 0 spiro atoms. The first-order valence-electron chi connectivity index (χ1n) is 3.76. The monoisotopic (exact) mass is 207 g/mol. The third-order valence-corrected chi connectivity index (χ3v) is 1.30. The predicted molar refractivity (Wildman–Crippen MR) is 46.3 cm³/mol. The second kappa shape index (κ2) is 5.39. The van der Waals surface area contributed by atoms with Crippen LogP contribution in [0.4, 0.5) is 17.3 Å². The molecule has 0 heterocycles. The van der Waals surface area contributed by atoms with E-state index in [1.807, 2.05) is 25.2 Å². The van der Waals surface area contributed by atoms with E-state index in [1.165, 1.54) is 5.57 Å². The topological polar surface area (TPSA) is 36.4 Å². The molecule has 0 saturated carbocycles. The van der Waals surface area contributed by atoms with Gasteiger partial charge in [0.1, 0.15) is 0 Å². The van der Waals surface area contributed by atoms with E-state index in [9.17, 15) is 17.3 Å².